The normalized spacial score (nSPS) is 17.9. The van der Waals surface area contributed by atoms with E-state index in [-0.39, 0.29) is 11.3 Å². The van der Waals surface area contributed by atoms with Gasteiger partial charge in [0, 0.05) is 48.8 Å². The van der Waals surface area contributed by atoms with Crippen molar-refractivity contribution in [2.24, 2.45) is 0 Å². The Morgan fingerprint density at radius 3 is 2.28 bits per heavy atom. The predicted molar refractivity (Wildman–Crippen MR) is 203 cm³/mol. The number of benzene rings is 3. The van der Waals surface area contributed by atoms with Crippen LogP contribution in [0.2, 0.25) is 0 Å². The van der Waals surface area contributed by atoms with Crippen LogP contribution in [0, 0.1) is 0 Å². The summed E-state index contributed by atoms with van der Waals surface area (Å²) in [5.41, 5.74) is 4.54. The zero-order chi connectivity index (χ0) is 37.0. The van der Waals surface area contributed by atoms with Gasteiger partial charge in [-0.05, 0) is 80.3 Å². The van der Waals surface area contributed by atoms with Crippen LogP contribution in [0.3, 0.4) is 0 Å². The number of methoxy groups -OCH3 is 5. The van der Waals surface area contributed by atoms with Crippen molar-refractivity contribution >= 4 is 22.9 Å². The van der Waals surface area contributed by atoms with Gasteiger partial charge in [-0.15, -0.1) is 0 Å². The zero-order valence-corrected chi connectivity index (χ0v) is 31.2. The van der Waals surface area contributed by atoms with Crippen molar-refractivity contribution < 1.29 is 32.9 Å². The molecule has 7 rings (SSSR count). The molecule has 53 heavy (non-hydrogen) atoms. The lowest BCUT2D eigenvalue weighted by Gasteiger charge is -2.36. The van der Waals surface area contributed by atoms with Gasteiger partial charge in [0.15, 0.2) is 23.0 Å². The number of ether oxygens (including phenoxy) is 5. The zero-order valence-electron chi connectivity index (χ0n) is 31.2. The van der Waals surface area contributed by atoms with E-state index < -0.39 is 0 Å². The predicted octanol–water partition coefficient (Wildman–Crippen LogP) is 6.47. The standard InChI is InChI=1S/C41H49N5O7/c1-48-34-11-10-30(24-35(34)49-2)41(16-20-45(27-41)39(47)29-22-36(50-3)38(52-5)37(23-29)51-4)15-19-44-17-12-31(13-18-44)42-40-43-32-8-6-7-9-33(32)46(40)25-28-14-21-53-26-28/h6-11,14,21-24,26,31H,12-13,15-20,25,27H2,1-5H3,(H,42,43). The molecule has 2 aliphatic rings. The van der Waals surface area contributed by atoms with Crippen molar-refractivity contribution in [1.82, 2.24) is 19.4 Å². The minimum absolute atomic E-state index is 0.0720. The number of likely N-dealkylation sites (tertiary alicyclic amines) is 2. The SMILES string of the molecule is COc1ccc(C2(CCN3CCC(Nc4nc5ccccc5n4Cc4ccoc4)CC3)CCN(C(=O)c3cc(OC)c(OC)c(OC)c3)C2)cc1OC. The monoisotopic (exact) mass is 723 g/mol. The molecule has 3 aromatic carbocycles. The van der Waals surface area contributed by atoms with Gasteiger partial charge in [0.25, 0.3) is 5.91 Å². The van der Waals surface area contributed by atoms with Crippen molar-refractivity contribution in [2.75, 3.05) is 73.6 Å². The summed E-state index contributed by atoms with van der Waals surface area (Å²) in [7, 11) is 7.98. The number of para-hydroxylation sites is 2. The summed E-state index contributed by atoms with van der Waals surface area (Å²) in [4.78, 5) is 23.6. The fourth-order valence-electron chi connectivity index (χ4n) is 7.95. The molecule has 2 fully saturated rings. The minimum Gasteiger partial charge on any atom is -0.493 e. The van der Waals surface area contributed by atoms with Gasteiger partial charge in [0.2, 0.25) is 11.7 Å². The molecule has 0 bridgehead atoms. The van der Waals surface area contributed by atoms with Gasteiger partial charge in [0.05, 0.1) is 65.7 Å². The maximum Gasteiger partial charge on any atom is 0.254 e. The molecule has 12 heteroatoms. The molecule has 0 radical (unpaired) electrons. The van der Waals surface area contributed by atoms with Gasteiger partial charge < -0.3 is 47.8 Å². The number of piperidine rings is 1. The number of hydrogen-bond donors (Lipinski definition) is 1. The highest BCUT2D eigenvalue weighted by molar-refractivity contribution is 5.96. The quantitative estimate of drug-likeness (QED) is 0.137. The van der Waals surface area contributed by atoms with E-state index in [1.165, 1.54) is 0 Å². The topological polar surface area (TPSA) is 113 Å². The van der Waals surface area contributed by atoms with E-state index in [1.54, 1.807) is 60.2 Å². The Labute approximate surface area is 310 Å². The Hall–Kier alpha value is -5.36. The van der Waals surface area contributed by atoms with Crippen LogP contribution in [-0.2, 0) is 12.0 Å². The molecule has 2 aromatic heterocycles. The first-order valence-corrected chi connectivity index (χ1v) is 18.2. The van der Waals surface area contributed by atoms with Crippen molar-refractivity contribution in [3.8, 4) is 28.7 Å². The average Bonchev–Trinajstić information content (AvgIpc) is 3.97. The number of carbonyl (C=O) groups is 1. The second-order valence-electron chi connectivity index (χ2n) is 13.9. The molecule has 1 amide bonds. The van der Waals surface area contributed by atoms with Crippen molar-refractivity contribution in [3.05, 3.63) is 89.9 Å². The van der Waals surface area contributed by atoms with E-state index in [0.717, 1.165) is 73.4 Å². The summed E-state index contributed by atoms with van der Waals surface area (Å²) in [6.45, 7) is 4.73. The number of nitrogens with zero attached hydrogens (tertiary/aromatic N) is 4. The van der Waals surface area contributed by atoms with Gasteiger partial charge in [-0.3, -0.25) is 4.79 Å². The summed E-state index contributed by atoms with van der Waals surface area (Å²) >= 11 is 0. The number of carbonyl (C=O) groups excluding carboxylic acids is 1. The molecule has 1 unspecified atom stereocenters. The lowest BCUT2D eigenvalue weighted by molar-refractivity contribution is 0.0779. The van der Waals surface area contributed by atoms with E-state index in [2.05, 4.69) is 45.1 Å². The summed E-state index contributed by atoms with van der Waals surface area (Å²) in [6.07, 6.45) is 7.22. The third-order valence-electron chi connectivity index (χ3n) is 11.0. The lowest BCUT2D eigenvalue weighted by atomic mass is 9.76. The van der Waals surface area contributed by atoms with Crippen LogP contribution in [0.25, 0.3) is 11.0 Å². The highest BCUT2D eigenvalue weighted by Crippen LogP contribution is 2.43. The maximum absolute atomic E-state index is 14.1. The smallest absolute Gasteiger partial charge is 0.254 e. The molecule has 0 saturated carbocycles. The Balaban J connectivity index is 1.06. The first-order valence-electron chi connectivity index (χ1n) is 18.2. The van der Waals surface area contributed by atoms with Crippen LogP contribution in [0.5, 0.6) is 28.7 Å². The average molecular weight is 724 g/mol. The largest absolute Gasteiger partial charge is 0.493 e. The molecule has 12 nitrogen and oxygen atoms in total. The van der Waals surface area contributed by atoms with Crippen LogP contribution >= 0.6 is 0 Å². The fourth-order valence-corrected chi connectivity index (χ4v) is 7.95. The minimum atomic E-state index is -0.275. The third-order valence-corrected chi connectivity index (χ3v) is 11.0. The molecule has 0 aliphatic carbocycles. The second-order valence-corrected chi connectivity index (χ2v) is 13.9. The molecular weight excluding hydrogens is 674 g/mol. The van der Waals surface area contributed by atoms with E-state index in [0.29, 0.717) is 60.0 Å². The molecule has 4 heterocycles. The van der Waals surface area contributed by atoms with E-state index in [4.69, 9.17) is 33.1 Å². The van der Waals surface area contributed by atoms with Crippen LogP contribution in [0.4, 0.5) is 5.95 Å². The Morgan fingerprint density at radius 2 is 1.60 bits per heavy atom. The summed E-state index contributed by atoms with van der Waals surface area (Å²) < 4.78 is 35.5. The first kappa shape index (κ1) is 36.0. The van der Waals surface area contributed by atoms with Crippen molar-refractivity contribution in [2.45, 2.75) is 43.7 Å². The fraction of sp³-hybridized carbons (Fsp3) is 0.415. The molecular formula is C41H49N5O7. The number of anilines is 1. The second kappa shape index (κ2) is 15.7. The molecule has 0 spiro atoms. The molecule has 1 N–H and O–H groups in total. The Bertz CT molecular complexity index is 2000. The molecule has 280 valence electrons. The number of fused-ring (bicyclic) bond motifs is 1. The van der Waals surface area contributed by atoms with Crippen molar-refractivity contribution in [1.29, 1.82) is 0 Å². The van der Waals surface area contributed by atoms with Crippen LogP contribution in [-0.4, -0.2) is 99.6 Å². The number of aromatic nitrogens is 2. The number of nitrogens with one attached hydrogen (secondary N) is 1. The molecule has 2 aliphatic heterocycles. The third kappa shape index (κ3) is 7.33. The van der Waals surface area contributed by atoms with Crippen molar-refractivity contribution in [3.63, 3.8) is 0 Å². The van der Waals surface area contributed by atoms with E-state index in [1.807, 2.05) is 23.1 Å². The molecule has 2 saturated heterocycles. The number of furan rings is 1. The van der Waals surface area contributed by atoms with Crippen LogP contribution in [0.1, 0.15) is 47.2 Å². The number of hydrogen-bond acceptors (Lipinski definition) is 10. The summed E-state index contributed by atoms with van der Waals surface area (Å²) in [5, 5.41) is 3.78. The van der Waals surface area contributed by atoms with E-state index in [9.17, 15) is 4.79 Å². The van der Waals surface area contributed by atoms with Gasteiger partial charge in [-0.25, -0.2) is 4.98 Å². The van der Waals surface area contributed by atoms with Gasteiger partial charge in [-0.1, -0.05) is 18.2 Å². The number of amides is 1. The summed E-state index contributed by atoms with van der Waals surface area (Å²) in [5.74, 6) is 3.55. The highest BCUT2D eigenvalue weighted by atomic mass is 16.5. The first-order chi connectivity index (χ1) is 25.9. The molecule has 5 aromatic rings. The van der Waals surface area contributed by atoms with Gasteiger partial charge >= 0.3 is 0 Å². The lowest BCUT2D eigenvalue weighted by Crippen LogP contribution is -2.42. The number of rotatable bonds is 14. The molecule has 1 atom stereocenters. The van der Waals surface area contributed by atoms with Gasteiger partial charge in [-0.2, -0.15) is 0 Å². The van der Waals surface area contributed by atoms with Gasteiger partial charge in [0.1, 0.15) is 0 Å². The highest BCUT2D eigenvalue weighted by Gasteiger charge is 2.42. The summed E-state index contributed by atoms with van der Waals surface area (Å²) in [6, 6.07) is 20.2. The Kier molecular flexibility index (Phi) is 10.7. The van der Waals surface area contributed by atoms with E-state index >= 15 is 0 Å². The van der Waals surface area contributed by atoms with Crippen LogP contribution in [0.15, 0.2) is 77.6 Å². The Morgan fingerprint density at radius 1 is 0.868 bits per heavy atom. The van der Waals surface area contributed by atoms with Crippen LogP contribution < -0.4 is 29.0 Å². The maximum atomic E-state index is 14.1. The number of imidazole rings is 1.